The summed E-state index contributed by atoms with van der Waals surface area (Å²) in [7, 11) is 0. The first-order chi connectivity index (χ1) is 11.5. The molecule has 2 aromatic heterocycles. The number of nitrogens with zero attached hydrogens (tertiary/aromatic N) is 3. The first kappa shape index (κ1) is 16.7. The number of rotatable bonds is 4. The van der Waals surface area contributed by atoms with E-state index in [1.165, 1.54) is 0 Å². The van der Waals surface area contributed by atoms with E-state index >= 15 is 0 Å². The van der Waals surface area contributed by atoms with Crippen molar-refractivity contribution in [3.8, 4) is 0 Å². The van der Waals surface area contributed by atoms with E-state index in [-0.39, 0.29) is 11.1 Å². The highest BCUT2D eigenvalue weighted by Gasteiger charge is 2.15. The third-order valence-corrected chi connectivity index (χ3v) is 4.10. The van der Waals surface area contributed by atoms with Gasteiger partial charge in [-0.05, 0) is 34.5 Å². The number of hydrogen-bond donors (Lipinski definition) is 1. The molecule has 0 aliphatic carbocycles. The Labute approximate surface area is 152 Å². The molecular weight excluding hydrogens is 392 g/mol. The summed E-state index contributed by atoms with van der Waals surface area (Å²) in [6.07, 6.45) is 1.54. The number of carbonyl (C=O) groups is 1. The first-order valence-electron chi connectivity index (χ1n) is 7.23. The smallest absolute Gasteiger partial charge is 0.259 e. The van der Waals surface area contributed by atoms with Gasteiger partial charge in [-0.2, -0.15) is 5.10 Å². The van der Waals surface area contributed by atoms with Crippen LogP contribution in [0.15, 0.2) is 53.1 Å². The van der Waals surface area contributed by atoms with E-state index in [4.69, 9.17) is 11.6 Å². The second-order valence-corrected chi connectivity index (χ2v) is 6.53. The number of anilines is 1. The average Bonchev–Trinajstić information content (AvgIpc) is 2.90. The Morgan fingerprint density at radius 3 is 2.79 bits per heavy atom. The van der Waals surface area contributed by atoms with Gasteiger partial charge in [-0.25, -0.2) is 9.67 Å². The molecule has 0 spiro atoms. The van der Waals surface area contributed by atoms with Gasteiger partial charge in [-0.3, -0.25) is 4.79 Å². The maximum Gasteiger partial charge on any atom is 0.259 e. The van der Waals surface area contributed by atoms with Crippen LogP contribution in [0.1, 0.15) is 21.6 Å². The van der Waals surface area contributed by atoms with Crippen molar-refractivity contribution in [3.05, 3.63) is 75.1 Å². The van der Waals surface area contributed by atoms with E-state index in [0.717, 1.165) is 11.3 Å². The third-order valence-electron chi connectivity index (χ3n) is 3.37. The normalized spacial score (nSPS) is 10.6. The third kappa shape index (κ3) is 3.83. The Morgan fingerprint density at radius 2 is 2.04 bits per heavy atom. The van der Waals surface area contributed by atoms with Crippen molar-refractivity contribution < 1.29 is 4.79 Å². The lowest BCUT2D eigenvalue weighted by Gasteiger charge is -2.10. The highest BCUT2D eigenvalue weighted by molar-refractivity contribution is 9.10. The summed E-state index contributed by atoms with van der Waals surface area (Å²) in [4.78, 5) is 16.5. The van der Waals surface area contributed by atoms with Crippen molar-refractivity contribution in [2.75, 3.05) is 5.32 Å². The molecule has 122 valence electrons. The molecule has 0 aliphatic heterocycles. The molecule has 3 rings (SSSR count). The van der Waals surface area contributed by atoms with Crippen LogP contribution in [0.3, 0.4) is 0 Å². The van der Waals surface area contributed by atoms with Crippen LogP contribution >= 0.6 is 27.5 Å². The molecule has 0 saturated heterocycles. The zero-order chi connectivity index (χ0) is 17.1. The van der Waals surface area contributed by atoms with Gasteiger partial charge in [-0.15, -0.1) is 0 Å². The lowest BCUT2D eigenvalue weighted by Crippen LogP contribution is -2.17. The highest BCUT2D eigenvalue weighted by atomic mass is 79.9. The predicted molar refractivity (Wildman–Crippen MR) is 97.4 cm³/mol. The number of aryl methyl sites for hydroxylation is 1. The van der Waals surface area contributed by atoms with Crippen molar-refractivity contribution in [1.82, 2.24) is 14.8 Å². The van der Waals surface area contributed by atoms with Gasteiger partial charge in [0.15, 0.2) is 0 Å². The van der Waals surface area contributed by atoms with Crippen LogP contribution in [0, 0.1) is 6.92 Å². The second-order valence-electron chi connectivity index (χ2n) is 5.26. The van der Waals surface area contributed by atoms with E-state index < -0.39 is 0 Å². The Morgan fingerprint density at radius 1 is 1.29 bits per heavy atom. The van der Waals surface area contributed by atoms with Crippen molar-refractivity contribution in [1.29, 1.82) is 0 Å². The van der Waals surface area contributed by atoms with Crippen LogP contribution in [0.4, 0.5) is 5.82 Å². The van der Waals surface area contributed by atoms with Crippen LogP contribution < -0.4 is 5.32 Å². The SMILES string of the molecule is Cc1cc(NC(=O)c2cc(Br)cnc2Cl)n(Cc2ccccc2)n1. The molecule has 0 saturated carbocycles. The van der Waals surface area contributed by atoms with E-state index in [1.807, 2.05) is 43.3 Å². The standard InChI is InChI=1S/C17H14BrClN4O/c1-11-7-15(23(22-11)10-12-5-3-2-4-6-12)21-17(24)14-8-13(18)9-20-16(14)19/h2-9H,10H2,1H3,(H,21,24). The zero-order valence-corrected chi connectivity index (χ0v) is 15.2. The number of halogens is 2. The van der Waals surface area contributed by atoms with Crippen LogP contribution in [-0.4, -0.2) is 20.7 Å². The first-order valence-corrected chi connectivity index (χ1v) is 8.41. The molecule has 1 aromatic carbocycles. The van der Waals surface area contributed by atoms with Crippen molar-refractivity contribution in [2.45, 2.75) is 13.5 Å². The topological polar surface area (TPSA) is 59.8 Å². The number of amides is 1. The van der Waals surface area contributed by atoms with Gasteiger partial charge >= 0.3 is 0 Å². The molecule has 0 atom stereocenters. The molecule has 7 heteroatoms. The summed E-state index contributed by atoms with van der Waals surface area (Å²) < 4.78 is 2.44. The van der Waals surface area contributed by atoms with Gasteiger partial charge in [0.2, 0.25) is 0 Å². The summed E-state index contributed by atoms with van der Waals surface area (Å²) in [5, 5.41) is 7.44. The fourth-order valence-corrected chi connectivity index (χ4v) is 2.81. The maximum atomic E-state index is 12.5. The fraction of sp³-hybridized carbons (Fsp3) is 0.118. The summed E-state index contributed by atoms with van der Waals surface area (Å²) >= 11 is 9.31. The van der Waals surface area contributed by atoms with E-state index in [9.17, 15) is 4.79 Å². The second kappa shape index (κ2) is 7.15. The van der Waals surface area contributed by atoms with Crippen LogP contribution in [0.5, 0.6) is 0 Å². The van der Waals surface area contributed by atoms with Gasteiger partial charge in [0.05, 0.1) is 17.8 Å². The van der Waals surface area contributed by atoms with Crippen LogP contribution in [0.2, 0.25) is 5.15 Å². The number of carbonyl (C=O) groups excluding carboxylic acids is 1. The molecule has 0 radical (unpaired) electrons. The lowest BCUT2D eigenvalue weighted by atomic mass is 10.2. The maximum absolute atomic E-state index is 12.5. The van der Waals surface area contributed by atoms with Crippen molar-refractivity contribution in [3.63, 3.8) is 0 Å². The number of benzene rings is 1. The number of pyridine rings is 1. The van der Waals surface area contributed by atoms with Crippen LogP contribution in [-0.2, 0) is 6.54 Å². The molecule has 24 heavy (non-hydrogen) atoms. The summed E-state index contributed by atoms with van der Waals surface area (Å²) in [5.74, 6) is 0.278. The Balaban J connectivity index is 1.85. The van der Waals surface area contributed by atoms with Gasteiger partial charge in [0.1, 0.15) is 11.0 Å². The minimum absolute atomic E-state index is 0.154. The largest absolute Gasteiger partial charge is 0.307 e. The molecule has 0 bridgehead atoms. The molecule has 0 unspecified atom stereocenters. The van der Waals surface area contributed by atoms with Crippen molar-refractivity contribution >= 4 is 39.3 Å². The molecule has 0 aliphatic rings. The predicted octanol–water partition coefficient (Wildman–Crippen LogP) is 4.30. The zero-order valence-electron chi connectivity index (χ0n) is 12.8. The monoisotopic (exact) mass is 404 g/mol. The fourth-order valence-electron chi connectivity index (χ4n) is 2.29. The molecule has 2 heterocycles. The Kier molecular flexibility index (Phi) is 4.97. The Bertz CT molecular complexity index is 880. The van der Waals surface area contributed by atoms with Crippen LogP contribution in [0.25, 0.3) is 0 Å². The number of nitrogens with one attached hydrogen (secondary N) is 1. The number of aromatic nitrogens is 3. The molecule has 5 nitrogen and oxygen atoms in total. The summed E-state index contributed by atoms with van der Waals surface area (Å²) in [6.45, 7) is 2.44. The van der Waals surface area contributed by atoms with E-state index in [1.54, 1.807) is 16.9 Å². The highest BCUT2D eigenvalue weighted by Crippen LogP contribution is 2.20. The van der Waals surface area contributed by atoms with Crippen molar-refractivity contribution in [2.24, 2.45) is 0 Å². The van der Waals surface area contributed by atoms with Gasteiger partial charge in [0.25, 0.3) is 5.91 Å². The lowest BCUT2D eigenvalue weighted by molar-refractivity contribution is 0.102. The van der Waals surface area contributed by atoms with Gasteiger partial charge < -0.3 is 5.32 Å². The minimum Gasteiger partial charge on any atom is -0.307 e. The quantitative estimate of drug-likeness (QED) is 0.658. The number of hydrogen-bond acceptors (Lipinski definition) is 3. The van der Waals surface area contributed by atoms with E-state index in [0.29, 0.717) is 22.4 Å². The summed E-state index contributed by atoms with van der Waals surface area (Å²) in [5.41, 5.74) is 2.22. The minimum atomic E-state index is -0.331. The van der Waals surface area contributed by atoms with Gasteiger partial charge in [-0.1, -0.05) is 41.9 Å². The summed E-state index contributed by atoms with van der Waals surface area (Å²) in [6, 6.07) is 13.4. The molecular formula is C17H14BrClN4O. The molecule has 3 aromatic rings. The Hall–Kier alpha value is -2.18. The average molecular weight is 406 g/mol. The molecule has 1 amide bonds. The van der Waals surface area contributed by atoms with Gasteiger partial charge in [0, 0.05) is 16.7 Å². The molecule has 1 N–H and O–H groups in total. The van der Waals surface area contributed by atoms with E-state index in [2.05, 4.69) is 31.3 Å². The molecule has 0 fully saturated rings.